The lowest BCUT2D eigenvalue weighted by molar-refractivity contribution is -0.0738. The topological polar surface area (TPSA) is 55.8 Å². The molecule has 4 nitrogen and oxygen atoms in total. The van der Waals surface area contributed by atoms with Crippen LogP contribution in [0, 0.1) is 0 Å². The van der Waals surface area contributed by atoms with Crippen LogP contribution in [0.3, 0.4) is 0 Å². The predicted molar refractivity (Wildman–Crippen MR) is 60.0 cm³/mol. The Morgan fingerprint density at radius 1 is 1.50 bits per heavy atom. The number of aliphatic hydroxyl groups is 1. The minimum absolute atomic E-state index is 0.162. The van der Waals surface area contributed by atoms with Crippen LogP contribution < -0.4 is 0 Å². The van der Waals surface area contributed by atoms with Crippen LogP contribution in [-0.4, -0.2) is 30.1 Å². The van der Waals surface area contributed by atoms with Crippen molar-refractivity contribution in [3.05, 3.63) is 24.8 Å². The molecular formula is C12H18O4. The van der Waals surface area contributed by atoms with Crippen LogP contribution in [0.2, 0.25) is 0 Å². The Morgan fingerprint density at radius 2 is 2.19 bits per heavy atom. The molecule has 0 amide bonds. The molecule has 1 rings (SSSR count). The Balaban J connectivity index is 2.38. The lowest BCUT2D eigenvalue weighted by atomic mass is 10.0. The van der Waals surface area contributed by atoms with Crippen LogP contribution >= 0.6 is 0 Å². The molecule has 0 aromatic heterocycles. The predicted octanol–water partition coefficient (Wildman–Crippen LogP) is 2.19. The van der Waals surface area contributed by atoms with E-state index in [2.05, 4.69) is 13.2 Å². The zero-order valence-corrected chi connectivity index (χ0v) is 9.35. The smallest absolute Gasteiger partial charge is 0.430 e. The summed E-state index contributed by atoms with van der Waals surface area (Å²) in [5, 5.41) is 8.93. The fourth-order valence-corrected chi connectivity index (χ4v) is 1.66. The molecule has 1 aliphatic rings. The van der Waals surface area contributed by atoms with Gasteiger partial charge in [-0.1, -0.05) is 18.2 Å². The maximum Gasteiger partial charge on any atom is 0.508 e. The van der Waals surface area contributed by atoms with Crippen LogP contribution in [0.25, 0.3) is 0 Å². The maximum absolute atomic E-state index is 11.0. The van der Waals surface area contributed by atoms with Crippen LogP contribution in [0.5, 0.6) is 0 Å². The van der Waals surface area contributed by atoms with Gasteiger partial charge in [-0.3, -0.25) is 0 Å². The van der Waals surface area contributed by atoms with Gasteiger partial charge in [-0.05, 0) is 12.8 Å². The number of hydrogen-bond acceptors (Lipinski definition) is 4. The number of carbonyl (C=O) groups excluding carboxylic acids is 1. The van der Waals surface area contributed by atoms with Crippen molar-refractivity contribution in [3.8, 4) is 0 Å². The summed E-state index contributed by atoms with van der Waals surface area (Å²) in [6.07, 6.45) is 3.33. The number of aliphatic hydroxyl groups excluding tert-OH is 1. The molecule has 0 radical (unpaired) electrons. The second-order valence-corrected chi connectivity index (χ2v) is 3.93. The third kappa shape index (κ3) is 4.06. The van der Waals surface area contributed by atoms with Crippen molar-refractivity contribution < 1.29 is 19.4 Å². The third-order valence-corrected chi connectivity index (χ3v) is 2.47. The highest BCUT2D eigenvalue weighted by atomic mass is 16.7. The standard InChI is InChI=1S/C12H18O4/c1-3-4-5-9(2)6-10-7-11(8-13)16-12(14)15-10/h3,10-11,13H,1-2,4-8H2/t10-,11+/m0/s1. The molecule has 4 heteroatoms. The van der Waals surface area contributed by atoms with Crippen LogP contribution in [0.1, 0.15) is 25.7 Å². The van der Waals surface area contributed by atoms with Crippen molar-refractivity contribution in [3.63, 3.8) is 0 Å². The average Bonchev–Trinajstić information content (AvgIpc) is 2.25. The van der Waals surface area contributed by atoms with Gasteiger partial charge in [-0.15, -0.1) is 6.58 Å². The van der Waals surface area contributed by atoms with Crippen molar-refractivity contribution in [1.29, 1.82) is 0 Å². The molecule has 0 aromatic rings. The number of cyclic esters (lactones) is 2. The van der Waals surface area contributed by atoms with Gasteiger partial charge >= 0.3 is 6.16 Å². The second-order valence-electron chi connectivity index (χ2n) is 3.93. The maximum atomic E-state index is 11.0. The lowest BCUT2D eigenvalue weighted by Gasteiger charge is -2.28. The van der Waals surface area contributed by atoms with E-state index in [0.29, 0.717) is 12.8 Å². The van der Waals surface area contributed by atoms with Crippen molar-refractivity contribution >= 4 is 6.16 Å². The molecule has 0 aliphatic carbocycles. The van der Waals surface area contributed by atoms with Gasteiger partial charge in [0.2, 0.25) is 0 Å². The summed E-state index contributed by atoms with van der Waals surface area (Å²) in [6.45, 7) is 7.40. The first-order chi connectivity index (χ1) is 7.65. The highest BCUT2D eigenvalue weighted by Gasteiger charge is 2.29. The van der Waals surface area contributed by atoms with Gasteiger partial charge in [0.05, 0.1) is 6.61 Å². The number of carbonyl (C=O) groups is 1. The van der Waals surface area contributed by atoms with Gasteiger partial charge in [0.15, 0.2) is 0 Å². The highest BCUT2D eigenvalue weighted by molar-refractivity contribution is 5.61. The van der Waals surface area contributed by atoms with Crippen molar-refractivity contribution in [1.82, 2.24) is 0 Å². The first kappa shape index (κ1) is 12.8. The summed E-state index contributed by atoms with van der Waals surface area (Å²) >= 11 is 0. The van der Waals surface area contributed by atoms with E-state index in [9.17, 15) is 4.79 Å². The van der Waals surface area contributed by atoms with Gasteiger partial charge in [0.1, 0.15) is 12.2 Å². The van der Waals surface area contributed by atoms with Crippen molar-refractivity contribution in [2.24, 2.45) is 0 Å². The van der Waals surface area contributed by atoms with E-state index >= 15 is 0 Å². The molecule has 0 unspecified atom stereocenters. The van der Waals surface area contributed by atoms with E-state index in [1.807, 2.05) is 6.08 Å². The Labute approximate surface area is 95.6 Å². The molecule has 2 atom stereocenters. The van der Waals surface area contributed by atoms with Crippen LogP contribution in [0.15, 0.2) is 24.8 Å². The molecule has 0 saturated carbocycles. The summed E-state index contributed by atoms with van der Waals surface area (Å²) in [5.41, 5.74) is 1.02. The minimum atomic E-state index is -0.702. The molecular weight excluding hydrogens is 208 g/mol. The summed E-state index contributed by atoms with van der Waals surface area (Å²) in [6, 6.07) is 0. The van der Waals surface area contributed by atoms with E-state index in [-0.39, 0.29) is 12.7 Å². The molecule has 1 aliphatic heterocycles. The largest absolute Gasteiger partial charge is 0.508 e. The van der Waals surface area contributed by atoms with Gasteiger partial charge < -0.3 is 14.6 Å². The van der Waals surface area contributed by atoms with Gasteiger partial charge in [-0.25, -0.2) is 4.79 Å². The summed E-state index contributed by atoms with van der Waals surface area (Å²) < 4.78 is 9.78. The van der Waals surface area contributed by atoms with Gasteiger partial charge in [-0.2, -0.15) is 0 Å². The van der Waals surface area contributed by atoms with Gasteiger partial charge in [0.25, 0.3) is 0 Å². The number of rotatable bonds is 6. The molecule has 0 spiro atoms. The molecule has 1 fully saturated rings. The molecule has 1 N–H and O–H groups in total. The van der Waals surface area contributed by atoms with E-state index < -0.39 is 12.3 Å². The van der Waals surface area contributed by atoms with Gasteiger partial charge in [0, 0.05) is 12.8 Å². The number of hydrogen-bond donors (Lipinski definition) is 1. The molecule has 0 bridgehead atoms. The highest BCUT2D eigenvalue weighted by Crippen LogP contribution is 2.22. The molecule has 16 heavy (non-hydrogen) atoms. The summed E-state index contributed by atoms with van der Waals surface area (Å²) in [5.74, 6) is 0. The Kier molecular flexibility index (Phi) is 5.05. The Morgan fingerprint density at radius 3 is 2.81 bits per heavy atom. The Hall–Kier alpha value is -1.29. The minimum Gasteiger partial charge on any atom is -0.430 e. The molecule has 1 heterocycles. The first-order valence-electron chi connectivity index (χ1n) is 5.41. The Bertz CT molecular complexity index is 272. The van der Waals surface area contributed by atoms with Crippen molar-refractivity contribution in [2.45, 2.75) is 37.9 Å². The fourth-order valence-electron chi connectivity index (χ4n) is 1.66. The molecule has 1 saturated heterocycles. The average molecular weight is 226 g/mol. The van der Waals surface area contributed by atoms with E-state index in [1.165, 1.54) is 0 Å². The third-order valence-electron chi connectivity index (χ3n) is 2.47. The lowest BCUT2D eigenvalue weighted by Crippen LogP contribution is -2.36. The summed E-state index contributed by atoms with van der Waals surface area (Å²) in [4.78, 5) is 11.0. The van der Waals surface area contributed by atoms with E-state index in [4.69, 9.17) is 14.6 Å². The number of allylic oxidation sites excluding steroid dienone is 1. The van der Waals surface area contributed by atoms with Crippen LogP contribution in [-0.2, 0) is 9.47 Å². The quantitative estimate of drug-likeness (QED) is 0.557. The second kappa shape index (κ2) is 6.33. The fraction of sp³-hybridized carbons (Fsp3) is 0.583. The number of ether oxygens (including phenoxy) is 2. The zero-order chi connectivity index (χ0) is 12.0. The normalized spacial score (nSPS) is 24.4. The van der Waals surface area contributed by atoms with E-state index in [0.717, 1.165) is 18.4 Å². The molecule has 90 valence electrons. The first-order valence-corrected chi connectivity index (χ1v) is 5.41. The van der Waals surface area contributed by atoms with Crippen molar-refractivity contribution in [2.75, 3.05) is 6.61 Å². The SMILES string of the molecule is C=CCCC(=C)C[C@H]1C[C@H](CO)OC(=O)O1. The van der Waals surface area contributed by atoms with Crippen LogP contribution in [0.4, 0.5) is 4.79 Å². The monoisotopic (exact) mass is 226 g/mol. The van der Waals surface area contributed by atoms with E-state index in [1.54, 1.807) is 0 Å². The summed E-state index contributed by atoms with van der Waals surface area (Å²) in [7, 11) is 0. The molecule has 0 aromatic carbocycles. The zero-order valence-electron chi connectivity index (χ0n) is 9.35.